The van der Waals surface area contributed by atoms with Crippen LogP contribution >= 0.6 is 11.3 Å². The first kappa shape index (κ1) is 16.2. The number of aliphatic carboxylic acids is 1. The zero-order valence-corrected chi connectivity index (χ0v) is 13.4. The highest BCUT2D eigenvalue weighted by Gasteiger charge is 2.26. The number of carboxylic acid groups (broad SMARTS) is 1. The zero-order chi connectivity index (χ0) is 16.1. The van der Waals surface area contributed by atoms with Crippen LogP contribution in [0.25, 0.3) is 0 Å². The Morgan fingerprint density at radius 3 is 2.41 bits per heavy atom. The van der Waals surface area contributed by atoms with Gasteiger partial charge in [-0.05, 0) is 31.5 Å². The molecule has 2 rings (SSSR count). The third-order valence-electron chi connectivity index (χ3n) is 3.50. The molecule has 1 aromatic heterocycles. The van der Waals surface area contributed by atoms with Crippen molar-refractivity contribution in [3.05, 3.63) is 57.8 Å². The fourth-order valence-electron chi connectivity index (χ4n) is 2.26. The molecule has 2 aromatic rings. The third-order valence-corrected chi connectivity index (χ3v) is 4.50. The molecule has 0 saturated heterocycles. The van der Waals surface area contributed by atoms with Crippen LogP contribution in [0.5, 0.6) is 0 Å². The van der Waals surface area contributed by atoms with Gasteiger partial charge in [-0.15, -0.1) is 11.3 Å². The molecule has 5 heteroatoms. The topological polar surface area (TPSA) is 66.4 Å². The van der Waals surface area contributed by atoms with Gasteiger partial charge in [-0.1, -0.05) is 30.3 Å². The van der Waals surface area contributed by atoms with Crippen LogP contribution in [-0.2, 0) is 16.0 Å². The highest BCUT2D eigenvalue weighted by atomic mass is 32.1. The molecule has 0 bridgehead atoms. The van der Waals surface area contributed by atoms with Crippen LogP contribution in [-0.4, -0.2) is 17.0 Å². The van der Waals surface area contributed by atoms with E-state index >= 15 is 0 Å². The Bertz CT molecular complexity index is 651. The molecule has 0 aliphatic carbocycles. The third kappa shape index (κ3) is 4.18. The molecular formula is C17H19NO3S. The van der Waals surface area contributed by atoms with Crippen molar-refractivity contribution < 1.29 is 14.7 Å². The number of carbonyl (C=O) groups is 2. The molecule has 0 saturated carbocycles. The fraction of sp³-hybridized carbons (Fsp3) is 0.294. The zero-order valence-electron chi connectivity index (χ0n) is 12.6. The van der Waals surface area contributed by atoms with Crippen molar-refractivity contribution in [3.63, 3.8) is 0 Å². The van der Waals surface area contributed by atoms with Gasteiger partial charge >= 0.3 is 5.97 Å². The second kappa shape index (κ2) is 7.22. The Balaban J connectivity index is 2.12. The van der Waals surface area contributed by atoms with Crippen LogP contribution in [0.4, 0.5) is 0 Å². The highest BCUT2D eigenvalue weighted by Crippen LogP contribution is 2.23. The number of rotatable bonds is 6. The molecule has 0 fully saturated rings. The van der Waals surface area contributed by atoms with E-state index in [0.717, 1.165) is 15.3 Å². The highest BCUT2D eigenvalue weighted by molar-refractivity contribution is 7.12. The molecule has 0 aliphatic rings. The number of hydrogen-bond donors (Lipinski definition) is 2. The Hall–Kier alpha value is -2.14. The molecule has 22 heavy (non-hydrogen) atoms. The van der Waals surface area contributed by atoms with E-state index in [4.69, 9.17) is 0 Å². The van der Waals surface area contributed by atoms with Gasteiger partial charge in [-0.2, -0.15) is 0 Å². The number of hydrogen-bond acceptors (Lipinski definition) is 3. The Kier molecular flexibility index (Phi) is 5.33. The molecule has 0 radical (unpaired) electrons. The lowest BCUT2D eigenvalue weighted by Gasteiger charge is -2.22. The number of thiophene rings is 1. The van der Waals surface area contributed by atoms with E-state index in [1.165, 1.54) is 0 Å². The number of amides is 1. The quantitative estimate of drug-likeness (QED) is 0.860. The van der Waals surface area contributed by atoms with Gasteiger partial charge in [-0.25, -0.2) is 0 Å². The predicted octanol–water partition coefficient (Wildman–Crippen LogP) is 3.18. The SMILES string of the molecule is Cc1ccc(CC(=O)N[C@H](c2ccccc2)[C@@H](C)C(=O)O)s1. The Morgan fingerprint density at radius 2 is 1.86 bits per heavy atom. The van der Waals surface area contributed by atoms with Crippen LogP contribution < -0.4 is 5.32 Å². The lowest BCUT2D eigenvalue weighted by atomic mass is 9.94. The number of carboxylic acids is 1. The maximum atomic E-state index is 12.2. The molecule has 0 aliphatic heterocycles. The molecule has 1 aromatic carbocycles. The smallest absolute Gasteiger partial charge is 0.308 e. The van der Waals surface area contributed by atoms with E-state index < -0.39 is 17.9 Å². The fourth-order valence-corrected chi connectivity index (χ4v) is 3.15. The van der Waals surface area contributed by atoms with E-state index in [-0.39, 0.29) is 12.3 Å². The van der Waals surface area contributed by atoms with Gasteiger partial charge in [0, 0.05) is 9.75 Å². The van der Waals surface area contributed by atoms with Gasteiger partial charge in [0.05, 0.1) is 18.4 Å². The number of nitrogens with one attached hydrogen (secondary N) is 1. The van der Waals surface area contributed by atoms with Gasteiger partial charge in [0.2, 0.25) is 5.91 Å². The summed E-state index contributed by atoms with van der Waals surface area (Å²) in [6.45, 7) is 3.60. The van der Waals surface area contributed by atoms with Crippen LogP contribution in [0.2, 0.25) is 0 Å². The standard InChI is InChI=1S/C17H19NO3S/c1-11-8-9-14(22-11)10-15(19)18-16(12(2)17(20)21)13-6-4-3-5-7-13/h3-9,12,16H,10H2,1-2H3,(H,18,19)(H,20,21)/t12-,16+/m1/s1. The van der Waals surface area contributed by atoms with Crippen LogP contribution in [0.3, 0.4) is 0 Å². The minimum absolute atomic E-state index is 0.163. The summed E-state index contributed by atoms with van der Waals surface area (Å²) in [6.07, 6.45) is 0.272. The lowest BCUT2D eigenvalue weighted by Crippen LogP contribution is -2.36. The van der Waals surface area contributed by atoms with E-state index in [1.807, 2.05) is 49.4 Å². The molecule has 4 nitrogen and oxygen atoms in total. The van der Waals surface area contributed by atoms with E-state index in [1.54, 1.807) is 18.3 Å². The van der Waals surface area contributed by atoms with Gasteiger partial charge < -0.3 is 10.4 Å². The maximum Gasteiger partial charge on any atom is 0.308 e. The molecule has 1 heterocycles. The number of carbonyl (C=O) groups excluding carboxylic acids is 1. The monoisotopic (exact) mass is 317 g/mol. The van der Waals surface area contributed by atoms with Crippen molar-refractivity contribution in [3.8, 4) is 0 Å². The molecule has 1 amide bonds. The lowest BCUT2D eigenvalue weighted by molar-refractivity contribution is -0.142. The molecule has 0 spiro atoms. The van der Waals surface area contributed by atoms with Crippen molar-refractivity contribution >= 4 is 23.2 Å². The summed E-state index contributed by atoms with van der Waals surface area (Å²) >= 11 is 1.58. The number of aryl methyl sites for hydroxylation is 1. The summed E-state index contributed by atoms with van der Waals surface area (Å²) < 4.78 is 0. The van der Waals surface area contributed by atoms with Crippen molar-refractivity contribution in [1.82, 2.24) is 5.32 Å². The first-order chi connectivity index (χ1) is 10.5. The van der Waals surface area contributed by atoms with Crippen molar-refractivity contribution in [2.45, 2.75) is 26.3 Å². The minimum Gasteiger partial charge on any atom is -0.481 e. The molecule has 2 atom stereocenters. The Morgan fingerprint density at radius 1 is 1.18 bits per heavy atom. The van der Waals surface area contributed by atoms with Crippen LogP contribution in [0.15, 0.2) is 42.5 Å². The second-order valence-electron chi connectivity index (χ2n) is 5.27. The summed E-state index contributed by atoms with van der Waals surface area (Å²) in [5.74, 6) is -1.79. The molecule has 0 unspecified atom stereocenters. The van der Waals surface area contributed by atoms with Crippen molar-refractivity contribution in [1.29, 1.82) is 0 Å². The normalized spacial score (nSPS) is 13.4. The summed E-state index contributed by atoms with van der Waals surface area (Å²) in [5.41, 5.74) is 0.799. The maximum absolute atomic E-state index is 12.2. The molecule has 116 valence electrons. The average Bonchev–Trinajstić information content (AvgIpc) is 2.90. The average molecular weight is 317 g/mol. The first-order valence-electron chi connectivity index (χ1n) is 7.10. The second-order valence-corrected chi connectivity index (χ2v) is 6.64. The van der Waals surface area contributed by atoms with Crippen molar-refractivity contribution in [2.75, 3.05) is 0 Å². The Labute approximate surface area is 133 Å². The summed E-state index contributed by atoms with van der Waals surface area (Å²) in [5, 5.41) is 12.1. The van der Waals surface area contributed by atoms with Crippen molar-refractivity contribution in [2.24, 2.45) is 5.92 Å². The van der Waals surface area contributed by atoms with Gasteiger partial charge in [0.1, 0.15) is 0 Å². The van der Waals surface area contributed by atoms with Crippen LogP contribution in [0.1, 0.15) is 28.3 Å². The van der Waals surface area contributed by atoms with Gasteiger partial charge in [0.15, 0.2) is 0 Å². The minimum atomic E-state index is -0.930. The summed E-state index contributed by atoms with van der Waals surface area (Å²) in [4.78, 5) is 25.7. The number of benzene rings is 1. The van der Waals surface area contributed by atoms with Gasteiger partial charge in [-0.3, -0.25) is 9.59 Å². The van der Waals surface area contributed by atoms with Gasteiger partial charge in [0.25, 0.3) is 0 Å². The summed E-state index contributed by atoms with van der Waals surface area (Å²) in [6, 6.07) is 12.6. The van der Waals surface area contributed by atoms with E-state index in [2.05, 4.69) is 5.32 Å². The summed E-state index contributed by atoms with van der Waals surface area (Å²) in [7, 11) is 0. The first-order valence-corrected chi connectivity index (χ1v) is 7.91. The van der Waals surface area contributed by atoms with E-state index in [0.29, 0.717) is 0 Å². The molecule has 2 N–H and O–H groups in total. The molecular weight excluding hydrogens is 298 g/mol. The largest absolute Gasteiger partial charge is 0.481 e. The predicted molar refractivity (Wildman–Crippen MR) is 86.9 cm³/mol. The van der Waals surface area contributed by atoms with E-state index in [9.17, 15) is 14.7 Å². The van der Waals surface area contributed by atoms with Crippen LogP contribution in [0, 0.1) is 12.8 Å².